The summed E-state index contributed by atoms with van der Waals surface area (Å²) in [4.78, 5) is 1.66. The van der Waals surface area contributed by atoms with Gasteiger partial charge in [-0.2, -0.15) is 0 Å². The van der Waals surface area contributed by atoms with Gasteiger partial charge in [0.25, 0.3) is 5.92 Å². The highest BCUT2D eigenvalue weighted by molar-refractivity contribution is 4.74. The molecule has 0 saturated carbocycles. The lowest BCUT2D eigenvalue weighted by atomic mass is 10.1. The Labute approximate surface area is 79.1 Å². The van der Waals surface area contributed by atoms with Crippen LogP contribution < -0.4 is 5.73 Å². The Morgan fingerprint density at radius 1 is 1.46 bits per heavy atom. The Balaban J connectivity index is 3.91. The van der Waals surface area contributed by atoms with Crippen molar-refractivity contribution in [2.75, 3.05) is 20.1 Å². The molecule has 0 aliphatic heterocycles. The van der Waals surface area contributed by atoms with E-state index in [1.165, 1.54) is 0 Å². The molecule has 0 rings (SSSR count). The fraction of sp³-hybridized carbons (Fsp3) is 1.00. The molecule has 1 unspecified atom stereocenters. The standard InChI is InChI=1S/C9H20F2N2/c1-4-5-8(2)13(3)7-9(10,11)6-12/h8H,4-7,12H2,1-3H3. The van der Waals surface area contributed by atoms with Gasteiger partial charge < -0.3 is 5.73 Å². The van der Waals surface area contributed by atoms with Crippen LogP contribution in [0.25, 0.3) is 0 Å². The molecule has 0 aromatic carbocycles. The van der Waals surface area contributed by atoms with Gasteiger partial charge in [0.1, 0.15) is 0 Å². The van der Waals surface area contributed by atoms with Crippen LogP contribution in [-0.4, -0.2) is 37.0 Å². The van der Waals surface area contributed by atoms with Crippen molar-refractivity contribution in [3.8, 4) is 0 Å². The summed E-state index contributed by atoms with van der Waals surface area (Å²) in [5, 5.41) is 0. The second kappa shape index (κ2) is 5.50. The number of hydrogen-bond donors (Lipinski definition) is 1. The van der Waals surface area contributed by atoms with Gasteiger partial charge in [-0.3, -0.25) is 4.90 Å². The zero-order valence-electron chi connectivity index (χ0n) is 8.69. The molecule has 0 aliphatic rings. The maximum atomic E-state index is 12.8. The van der Waals surface area contributed by atoms with Gasteiger partial charge in [-0.05, 0) is 20.4 Å². The lowest BCUT2D eigenvalue weighted by molar-refractivity contribution is -0.0259. The van der Waals surface area contributed by atoms with Crippen LogP contribution in [0.5, 0.6) is 0 Å². The number of halogens is 2. The molecular weight excluding hydrogens is 174 g/mol. The van der Waals surface area contributed by atoms with E-state index in [-0.39, 0.29) is 12.6 Å². The Bertz CT molecular complexity index is 140. The van der Waals surface area contributed by atoms with Crippen LogP contribution in [-0.2, 0) is 0 Å². The highest BCUT2D eigenvalue weighted by Crippen LogP contribution is 2.15. The van der Waals surface area contributed by atoms with E-state index < -0.39 is 12.5 Å². The van der Waals surface area contributed by atoms with Crippen molar-refractivity contribution in [2.45, 2.75) is 38.7 Å². The predicted octanol–water partition coefficient (Wildman–Crippen LogP) is 1.70. The summed E-state index contributed by atoms with van der Waals surface area (Å²) in [6.45, 7) is 3.18. The SMILES string of the molecule is CCCC(C)N(C)CC(F)(F)CN. The van der Waals surface area contributed by atoms with E-state index in [2.05, 4.69) is 0 Å². The molecule has 0 aromatic rings. The Hall–Kier alpha value is -0.220. The molecule has 0 aromatic heterocycles. The van der Waals surface area contributed by atoms with Crippen LogP contribution in [0, 0.1) is 0 Å². The number of alkyl halides is 2. The van der Waals surface area contributed by atoms with Crippen LogP contribution in [0.3, 0.4) is 0 Å². The molecule has 0 radical (unpaired) electrons. The van der Waals surface area contributed by atoms with Gasteiger partial charge in [0.15, 0.2) is 0 Å². The summed E-state index contributed by atoms with van der Waals surface area (Å²) < 4.78 is 25.7. The van der Waals surface area contributed by atoms with Crippen LogP contribution in [0.4, 0.5) is 8.78 Å². The number of rotatable bonds is 6. The Morgan fingerprint density at radius 2 is 2.00 bits per heavy atom. The molecule has 0 bridgehead atoms. The van der Waals surface area contributed by atoms with Gasteiger partial charge in [0.05, 0.1) is 13.1 Å². The molecule has 0 spiro atoms. The quantitative estimate of drug-likeness (QED) is 0.697. The van der Waals surface area contributed by atoms with E-state index in [1.54, 1.807) is 11.9 Å². The fourth-order valence-corrected chi connectivity index (χ4v) is 1.22. The summed E-state index contributed by atoms with van der Waals surface area (Å²) in [5.41, 5.74) is 4.95. The Morgan fingerprint density at radius 3 is 2.38 bits per heavy atom. The maximum absolute atomic E-state index is 12.8. The Kier molecular flexibility index (Phi) is 5.40. The maximum Gasteiger partial charge on any atom is 0.272 e. The van der Waals surface area contributed by atoms with Crippen molar-refractivity contribution >= 4 is 0 Å². The average Bonchev–Trinajstić information content (AvgIpc) is 2.04. The monoisotopic (exact) mass is 194 g/mol. The molecule has 13 heavy (non-hydrogen) atoms. The molecule has 0 aliphatic carbocycles. The van der Waals surface area contributed by atoms with E-state index in [0.29, 0.717) is 0 Å². The van der Waals surface area contributed by atoms with Crippen LogP contribution in [0.2, 0.25) is 0 Å². The number of nitrogens with two attached hydrogens (primary N) is 1. The number of nitrogens with zero attached hydrogens (tertiary/aromatic N) is 1. The zero-order valence-corrected chi connectivity index (χ0v) is 8.69. The molecule has 0 fully saturated rings. The number of hydrogen-bond acceptors (Lipinski definition) is 2. The highest BCUT2D eigenvalue weighted by Gasteiger charge is 2.29. The molecule has 1 atom stereocenters. The third-order valence-electron chi connectivity index (χ3n) is 2.24. The van der Waals surface area contributed by atoms with Crippen LogP contribution >= 0.6 is 0 Å². The third kappa shape index (κ3) is 5.16. The molecule has 0 heterocycles. The van der Waals surface area contributed by atoms with Crippen LogP contribution in [0.15, 0.2) is 0 Å². The molecule has 2 nitrogen and oxygen atoms in total. The van der Waals surface area contributed by atoms with Gasteiger partial charge in [-0.25, -0.2) is 8.78 Å². The summed E-state index contributed by atoms with van der Waals surface area (Å²) in [7, 11) is 1.71. The van der Waals surface area contributed by atoms with Gasteiger partial charge in [-0.1, -0.05) is 13.3 Å². The first-order valence-electron chi connectivity index (χ1n) is 4.71. The first-order valence-corrected chi connectivity index (χ1v) is 4.71. The summed E-state index contributed by atoms with van der Waals surface area (Å²) in [6, 6.07) is 0.197. The predicted molar refractivity (Wildman–Crippen MR) is 51.0 cm³/mol. The van der Waals surface area contributed by atoms with Crippen molar-refractivity contribution in [3.05, 3.63) is 0 Å². The summed E-state index contributed by atoms with van der Waals surface area (Å²) in [6.07, 6.45) is 1.96. The molecule has 0 saturated heterocycles. The normalized spacial score (nSPS) is 15.0. The summed E-state index contributed by atoms with van der Waals surface area (Å²) >= 11 is 0. The first-order chi connectivity index (χ1) is 5.93. The second-order valence-corrected chi connectivity index (χ2v) is 3.61. The minimum Gasteiger partial charge on any atom is -0.325 e. The average molecular weight is 194 g/mol. The first kappa shape index (κ1) is 12.8. The van der Waals surface area contributed by atoms with E-state index in [9.17, 15) is 8.78 Å². The van der Waals surface area contributed by atoms with Crippen molar-refractivity contribution in [1.29, 1.82) is 0 Å². The summed E-state index contributed by atoms with van der Waals surface area (Å²) in [5.74, 6) is -2.75. The van der Waals surface area contributed by atoms with E-state index in [0.717, 1.165) is 12.8 Å². The van der Waals surface area contributed by atoms with E-state index in [4.69, 9.17) is 5.73 Å². The van der Waals surface area contributed by atoms with Crippen molar-refractivity contribution in [3.63, 3.8) is 0 Å². The van der Waals surface area contributed by atoms with Crippen LogP contribution in [0.1, 0.15) is 26.7 Å². The fourth-order valence-electron chi connectivity index (χ4n) is 1.22. The highest BCUT2D eigenvalue weighted by atomic mass is 19.3. The smallest absolute Gasteiger partial charge is 0.272 e. The van der Waals surface area contributed by atoms with Gasteiger partial charge in [-0.15, -0.1) is 0 Å². The van der Waals surface area contributed by atoms with Gasteiger partial charge in [0.2, 0.25) is 0 Å². The lowest BCUT2D eigenvalue weighted by Crippen LogP contribution is -2.43. The topological polar surface area (TPSA) is 29.3 Å². The van der Waals surface area contributed by atoms with Gasteiger partial charge >= 0.3 is 0 Å². The van der Waals surface area contributed by atoms with Crippen molar-refractivity contribution < 1.29 is 8.78 Å². The molecular formula is C9H20F2N2. The zero-order chi connectivity index (χ0) is 10.5. The minimum atomic E-state index is -2.75. The molecule has 80 valence electrons. The molecule has 2 N–H and O–H groups in total. The van der Waals surface area contributed by atoms with E-state index in [1.807, 2.05) is 13.8 Å². The molecule has 4 heteroatoms. The van der Waals surface area contributed by atoms with Gasteiger partial charge in [0, 0.05) is 6.04 Å². The largest absolute Gasteiger partial charge is 0.325 e. The van der Waals surface area contributed by atoms with Crippen molar-refractivity contribution in [2.24, 2.45) is 5.73 Å². The lowest BCUT2D eigenvalue weighted by Gasteiger charge is -2.28. The molecule has 0 amide bonds. The third-order valence-corrected chi connectivity index (χ3v) is 2.24. The van der Waals surface area contributed by atoms with E-state index >= 15 is 0 Å². The second-order valence-electron chi connectivity index (χ2n) is 3.61. The minimum absolute atomic E-state index is 0.197. The van der Waals surface area contributed by atoms with Crippen molar-refractivity contribution in [1.82, 2.24) is 4.90 Å².